The van der Waals surface area contributed by atoms with Gasteiger partial charge in [0.1, 0.15) is 5.76 Å². The summed E-state index contributed by atoms with van der Waals surface area (Å²) in [4.78, 5) is 1.27. The Balaban J connectivity index is 2.28. The maximum absolute atomic E-state index is 5.62. The number of nitrogens with one attached hydrogen (secondary N) is 1. The minimum absolute atomic E-state index is 0.0974. The third-order valence-corrected chi connectivity index (χ3v) is 4.35. The second-order valence-electron chi connectivity index (χ2n) is 4.29. The monoisotopic (exact) mass is 339 g/mol. The Labute approximate surface area is 127 Å². The highest BCUT2D eigenvalue weighted by molar-refractivity contribution is 9.10. The Hall–Kier alpha value is -0.710. The van der Waals surface area contributed by atoms with Crippen LogP contribution >= 0.6 is 27.7 Å². The lowest BCUT2D eigenvalue weighted by molar-refractivity contribution is 0.444. The molecule has 0 bridgehead atoms. The number of furan rings is 1. The lowest BCUT2D eigenvalue weighted by atomic mass is 10.0. The number of rotatable bonds is 6. The molecule has 0 saturated carbocycles. The highest BCUT2D eigenvalue weighted by atomic mass is 79.9. The van der Waals surface area contributed by atoms with Crippen molar-refractivity contribution in [3.8, 4) is 0 Å². The molecule has 1 unspecified atom stereocenters. The fourth-order valence-electron chi connectivity index (χ4n) is 1.96. The largest absolute Gasteiger partial charge is 0.466 e. The summed E-state index contributed by atoms with van der Waals surface area (Å²) in [6, 6.07) is 10.7. The van der Waals surface area contributed by atoms with Gasteiger partial charge in [-0.3, -0.25) is 0 Å². The summed E-state index contributed by atoms with van der Waals surface area (Å²) in [5.74, 6) is 0.936. The zero-order chi connectivity index (χ0) is 13.7. The van der Waals surface area contributed by atoms with Crippen molar-refractivity contribution in [1.82, 2.24) is 5.32 Å². The van der Waals surface area contributed by atoms with Gasteiger partial charge in [0.05, 0.1) is 16.8 Å². The van der Waals surface area contributed by atoms with Gasteiger partial charge < -0.3 is 9.73 Å². The van der Waals surface area contributed by atoms with Gasteiger partial charge in [0, 0.05) is 4.90 Å². The van der Waals surface area contributed by atoms with E-state index in [2.05, 4.69) is 58.7 Å². The van der Waals surface area contributed by atoms with E-state index in [-0.39, 0.29) is 6.04 Å². The molecule has 0 aliphatic heterocycles. The molecule has 19 heavy (non-hydrogen) atoms. The van der Waals surface area contributed by atoms with E-state index in [1.165, 1.54) is 10.5 Å². The molecule has 1 N–H and O–H groups in total. The van der Waals surface area contributed by atoms with Crippen LogP contribution in [-0.2, 0) is 0 Å². The fraction of sp³-hybridized carbons (Fsp3) is 0.333. The molecule has 1 atom stereocenters. The van der Waals surface area contributed by atoms with Gasteiger partial charge in [0.15, 0.2) is 0 Å². The Bertz CT molecular complexity index is 509. The highest BCUT2D eigenvalue weighted by Crippen LogP contribution is 2.30. The number of hydrogen-bond acceptors (Lipinski definition) is 3. The second kappa shape index (κ2) is 7.17. The molecule has 1 aromatic heterocycles. The summed E-state index contributed by atoms with van der Waals surface area (Å²) in [5, 5.41) is 3.54. The minimum atomic E-state index is 0.0974. The molecule has 1 aromatic carbocycles. The van der Waals surface area contributed by atoms with E-state index in [1.807, 2.05) is 6.07 Å². The normalized spacial score (nSPS) is 12.6. The van der Waals surface area contributed by atoms with E-state index in [0.29, 0.717) is 0 Å². The molecular formula is C15H18BrNOS. The SMILES string of the molecule is CCCNC(c1ccc(SC)cc1)c1occc1Br. The molecule has 1 heterocycles. The summed E-state index contributed by atoms with van der Waals surface area (Å²) in [5.41, 5.74) is 1.22. The predicted molar refractivity (Wildman–Crippen MR) is 84.8 cm³/mol. The van der Waals surface area contributed by atoms with Crippen molar-refractivity contribution in [3.63, 3.8) is 0 Å². The van der Waals surface area contributed by atoms with Gasteiger partial charge in [-0.1, -0.05) is 19.1 Å². The first-order valence-corrected chi connectivity index (χ1v) is 8.38. The molecule has 0 radical (unpaired) electrons. The lowest BCUT2D eigenvalue weighted by Crippen LogP contribution is -2.23. The van der Waals surface area contributed by atoms with Crippen molar-refractivity contribution < 1.29 is 4.42 Å². The quantitative estimate of drug-likeness (QED) is 0.761. The molecule has 0 aliphatic carbocycles. The predicted octanol–water partition coefficient (Wildman–Crippen LogP) is 4.85. The average Bonchev–Trinajstić information content (AvgIpc) is 2.86. The first kappa shape index (κ1) is 14.7. The zero-order valence-corrected chi connectivity index (χ0v) is 13.6. The molecule has 4 heteroatoms. The van der Waals surface area contributed by atoms with E-state index >= 15 is 0 Å². The summed E-state index contributed by atoms with van der Waals surface area (Å²) >= 11 is 5.30. The Morgan fingerprint density at radius 1 is 1.26 bits per heavy atom. The van der Waals surface area contributed by atoms with Crippen LogP contribution in [0.1, 0.15) is 30.7 Å². The molecule has 0 aliphatic rings. The van der Waals surface area contributed by atoms with Crippen molar-refractivity contribution in [2.45, 2.75) is 24.3 Å². The molecule has 2 rings (SSSR count). The van der Waals surface area contributed by atoms with Crippen molar-refractivity contribution in [2.75, 3.05) is 12.8 Å². The van der Waals surface area contributed by atoms with E-state index < -0.39 is 0 Å². The van der Waals surface area contributed by atoms with Crippen molar-refractivity contribution >= 4 is 27.7 Å². The first-order valence-electron chi connectivity index (χ1n) is 6.36. The molecule has 2 aromatic rings. The van der Waals surface area contributed by atoms with Gasteiger partial charge in [-0.2, -0.15) is 0 Å². The van der Waals surface area contributed by atoms with Crippen LogP contribution in [0.25, 0.3) is 0 Å². The van der Waals surface area contributed by atoms with E-state index in [4.69, 9.17) is 4.42 Å². The van der Waals surface area contributed by atoms with Crippen LogP contribution in [0.4, 0.5) is 0 Å². The Kier molecular flexibility index (Phi) is 5.55. The molecule has 2 nitrogen and oxygen atoms in total. The number of benzene rings is 1. The third-order valence-electron chi connectivity index (χ3n) is 2.95. The van der Waals surface area contributed by atoms with E-state index in [9.17, 15) is 0 Å². The average molecular weight is 340 g/mol. The molecule has 0 fully saturated rings. The van der Waals surface area contributed by atoms with Crippen LogP contribution in [-0.4, -0.2) is 12.8 Å². The van der Waals surface area contributed by atoms with Crippen molar-refractivity contribution in [1.29, 1.82) is 0 Å². The summed E-state index contributed by atoms with van der Waals surface area (Å²) < 4.78 is 6.63. The summed E-state index contributed by atoms with van der Waals surface area (Å²) in [7, 11) is 0. The van der Waals surface area contributed by atoms with E-state index in [0.717, 1.165) is 23.2 Å². The molecule has 102 valence electrons. The lowest BCUT2D eigenvalue weighted by Gasteiger charge is -2.17. The number of thioether (sulfide) groups is 1. The topological polar surface area (TPSA) is 25.2 Å². The fourth-order valence-corrected chi connectivity index (χ4v) is 2.80. The smallest absolute Gasteiger partial charge is 0.139 e. The van der Waals surface area contributed by atoms with Gasteiger partial charge in [-0.05, 0) is 58.9 Å². The molecular weight excluding hydrogens is 322 g/mol. The zero-order valence-electron chi connectivity index (χ0n) is 11.2. The Morgan fingerprint density at radius 2 is 2.00 bits per heavy atom. The van der Waals surface area contributed by atoms with E-state index in [1.54, 1.807) is 18.0 Å². The van der Waals surface area contributed by atoms with Crippen LogP contribution in [0, 0.1) is 0 Å². The van der Waals surface area contributed by atoms with Crippen LogP contribution in [0.3, 0.4) is 0 Å². The maximum Gasteiger partial charge on any atom is 0.139 e. The standard InChI is InChI=1S/C15H18BrNOS/c1-3-9-17-14(15-13(16)8-10-18-15)11-4-6-12(19-2)7-5-11/h4-8,10,14,17H,3,9H2,1-2H3. The number of hydrogen-bond donors (Lipinski definition) is 1. The highest BCUT2D eigenvalue weighted by Gasteiger charge is 2.19. The van der Waals surface area contributed by atoms with Crippen LogP contribution < -0.4 is 5.32 Å². The van der Waals surface area contributed by atoms with Gasteiger partial charge in [-0.15, -0.1) is 11.8 Å². The van der Waals surface area contributed by atoms with Crippen LogP contribution in [0.2, 0.25) is 0 Å². The molecule has 0 amide bonds. The maximum atomic E-state index is 5.62. The van der Waals surface area contributed by atoms with Gasteiger partial charge in [0.2, 0.25) is 0 Å². The van der Waals surface area contributed by atoms with Crippen molar-refractivity contribution in [3.05, 3.63) is 52.4 Å². The summed E-state index contributed by atoms with van der Waals surface area (Å²) in [6.07, 6.45) is 4.90. The molecule has 0 saturated heterocycles. The van der Waals surface area contributed by atoms with Gasteiger partial charge in [-0.25, -0.2) is 0 Å². The van der Waals surface area contributed by atoms with Gasteiger partial charge in [0.25, 0.3) is 0 Å². The van der Waals surface area contributed by atoms with Crippen molar-refractivity contribution in [2.24, 2.45) is 0 Å². The van der Waals surface area contributed by atoms with Crippen LogP contribution in [0.15, 0.2) is 50.4 Å². The molecule has 0 spiro atoms. The number of halogens is 1. The minimum Gasteiger partial charge on any atom is -0.466 e. The summed E-state index contributed by atoms with van der Waals surface area (Å²) in [6.45, 7) is 3.13. The Morgan fingerprint density at radius 3 is 2.53 bits per heavy atom. The third kappa shape index (κ3) is 3.65. The second-order valence-corrected chi connectivity index (χ2v) is 6.03. The first-order chi connectivity index (χ1) is 9.26. The van der Waals surface area contributed by atoms with Crippen LogP contribution in [0.5, 0.6) is 0 Å². The van der Waals surface area contributed by atoms with Gasteiger partial charge >= 0.3 is 0 Å².